The van der Waals surface area contributed by atoms with Crippen molar-refractivity contribution in [3.05, 3.63) is 71.0 Å². The zero-order chi connectivity index (χ0) is 25.7. The predicted octanol–water partition coefficient (Wildman–Crippen LogP) is 5.21. The molecule has 1 atom stereocenters. The van der Waals surface area contributed by atoms with Gasteiger partial charge in [-0.2, -0.15) is 0 Å². The number of carbonyl (C=O) groups excluding carboxylic acids is 3. The SMILES string of the molecule is Cc1ccccc1CC(C1CCN(C(=O)CCC(=O)c2ccc(F)cc2)CC1)N(C)C(=O)C1CCC1. The number of rotatable bonds is 9. The number of likely N-dealkylation sites (N-methyl/N-ethyl adjacent to an activating group) is 1. The molecule has 1 saturated carbocycles. The summed E-state index contributed by atoms with van der Waals surface area (Å²) < 4.78 is 13.1. The molecule has 1 saturated heterocycles. The molecular formula is C30H37FN2O3. The van der Waals surface area contributed by atoms with Crippen LogP contribution in [0.2, 0.25) is 0 Å². The Balaban J connectivity index is 1.35. The molecule has 0 bridgehead atoms. The first-order chi connectivity index (χ1) is 17.3. The molecule has 1 unspecified atom stereocenters. The van der Waals surface area contributed by atoms with Crippen LogP contribution in [0.4, 0.5) is 4.39 Å². The molecule has 2 fully saturated rings. The number of aryl methyl sites for hydroxylation is 1. The van der Waals surface area contributed by atoms with E-state index in [1.807, 2.05) is 22.9 Å². The summed E-state index contributed by atoms with van der Waals surface area (Å²) >= 11 is 0. The van der Waals surface area contributed by atoms with Crippen LogP contribution in [-0.4, -0.2) is 53.6 Å². The van der Waals surface area contributed by atoms with Crippen molar-refractivity contribution in [2.45, 2.75) is 64.3 Å². The number of piperidine rings is 1. The number of amides is 2. The minimum atomic E-state index is -0.383. The second kappa shape index (κ2) is 11.8. The van der Waals surface area contributed by atoms with Gasteiger partial charge in [-0.3, -0.25) is 14.4 Å². The molecule has 2 aromatic carbocycles. The minimum Gasteiger partial charge on any atom is -0.343 e. The molecule has 192 valence electrons. The summed E-state index contributed by atoms with van der Waals surface area (Å²) in [5.74, 6) is 0.202. The Morgan fingerprint density at radius 2 is 1.64 bits per heavy atom. The first-order valence-corrected chi connectivity index (χ1v) is 13.2. The number of hydrogen-bond donors (Lipinski definition) is 0. The number of nitrogens with zero attached hydrogens (tertiary/aromatic N) is 2. The molecule has 0 N–H and O–H groups in total. The Bertz CT molecular complexity index is 1070. The molecular weight excluding hydrogens is 455 g/mol. The van der Waals surface area contributed by atoms with Crippen LogP contribution in [0.25, 0.3) is 0 Å². The van der Waals surface area contributed by atoms with Crippen molar-refractivity contribution in [1.82, 2.24) is 9.80 Å². The van der Waals surface area contributed by atoms with Crippen LogP contribution in [0.1, 0.15) is 66.4 Å². The summed E-state index contributed by atoms with van der Waals surface area (Å²) in [5.41, 5.74) is 2.94. The zero-order valence-corrected chi connectivity index (χ0v) is 21.4. The lowest BCUT2D eigenvalue weighted by Gasteiger charge is -2.42. The molecule has 1 heterocycles. The Morgan fingerprint density at radius 1 is 0.972 bits per heavy atom. The zero-order valence-electron chi connectivity index (χ0n) is 21.4. The predicted molar refractivity (Wildman–Crippen MR) is 138 cm³/mol. The topological polar surface area (TPSA) is 57.7 Å². The summed E-state index contributed by atoms with van der Waals surface area (Å²) in [6, 6.07) is 13.9. The first kappa shape index (κ1) is 26.1. The fourth-order valence-corrected chi connectivity index (χ4v) is 5.48. The fourth-order valence-electron chi connectivity index (χ4n) is 5.48. The lowest BCUT2D eigenvalue weighted by molar-refractivity contribution is -0.141. The standard InChI is InChI=1S/C30H37FN2O3/c1-21-6-3-4-7-25(21)20-27(32(2)30(36)24-8-5-9-24)22-16-18-33(19-17-22)29(35)15-14-28(34)23-10-12-26(31)13-11-23/h3-4,6-7,10-13,22,24,27H,5,8-9,14-20H2,1-2H3. The van der Waals surface area contributed by atoms with Crippen LogP contribution < -0.4 is 0 Å². The molecule has 1 aliphatic carbocycles. The molecule has 0 radical (unpaired) electrons. The summed E-state index contributed by atoms with van der Waals surface area (Å²) in [4.78, 5) is 42.2. The number of ketones is 1. The van der Waals surface area contributed by atoms with Gasteiger partial charge in [0.05, 0.1) is 0 Å². The smallest absolute Gasteiger partial charge is 0.225 e. The van der Waals surface area contributed by atoms with Gasteiger partial charge in [-0.15, -0.1) is 0 Å². The summed E-state index contributed by atoms with van der Waals surface area (Å²) in [6.07, 6.45) is 5.91. The highest BCUT2D eigenvalue weighted by atomic mass is 19.1. The van der Waals surface area contributed by atoms with Crippen molar-refractivity contribution in [3.63, 3.8) is 0 Å². The maximum atomic E-state index is 13.2. The molecule has 2 aliphatic rings. The third kappa shape index (κ3) is 6.21. The lowest BCUT2D eigenvalue weighted by Crippen LogP contribution is -2.50. The van der Waals surface area contributed by atoms with Gasteiger partial charge in [-0.05, 0) is 80.3 Å². The fraction of sp³-hybridized carbons (Fsp3) is 0.500. The molecule has 1 aliphatic heterocycles. The van der Waals surface area contributed by atoms with Crippen LogP contribution >= 0.6 is 0 Å². The average Bonchev–Trinajstić information content (AvgIpc) is 2.85. The van der Waals surface area contributed by atoms with E-state index in [1.54, 1.807) is 0 Å². The highest BCUT2D eigenvalue weighted by Gasteiger charge is 2.36. The van der Waals surface area contributed by atoms with Crippen LogP contribution in [-0.2, 0) is 16.0 Å². The highest BCUT2D eigenvalue weighted by molar-refractivity contribution is 5.97. The molecule has 2 aromatic rings. The van der Waals surface area contributed by atoms with Gasteiger partial charge in [-0.1, -0.05) is 30.7 Å². The number of carbonyl (C=O) groups is 3. The number of benzene rings is 2. The van der Waals surface area contributed by atoms with Gasteiger partial charge in [-0.25, -0.2) is 4.39 Å². The Hall–Kier alpha value is -3.02. The quantitative estimate of drug-likeness (QED) is 0.452. The Kier molecular flexibility index (Phi) is 8.55. The van der Waals surface area contributed by atoms with Crippen LogP contribution in [0.3, 0.4) is 0 Å². The van der Waals surface area contributed by atoms with E-state index in [1.165, 1.54) is 35.4 Å². The van der Waals surface area contributed by atoms with Crippen molar-refractivity contribution >= 4 is 17.6 Å². The molecule has 4 rings (SSSR count). The average molecular weight is 493 g/mol. The summed E-state index contributed by atoms with van der Waals surface area (Å²) in [6.45, 7) is 3.41. The maximum Gasteiger partial charge on any atom is 0.225 e. The van der Waals surface area contributed by atoms with Crippen molar-refractivity contribution < 1.29 is 18.8 Å². The second-order valence-corrected chi connectivity index (χ2v) is 10.4. The Morgan fingerprint density at radius 3 is 2.25 bits per heavy atom. The first-order valence-electron chi connectivity index (χ1n) is 13.2. The van der Waals surface area contributed by atoms with Gasteiger partial charge in [0.2, 0.25) is 11.8 Å². The number of halogens is 1. The van der Waals surface area contributed by atoms with Crippen molar-refractivity contribution in [1.29, 1.82) is 0 Å². The highest BCUT2D eigenvalue weighted by Crippen LogP contribution is 2.32. The van der Waals surface area contributed by atoms with Crippen LogP contribution in [0.5, 0.6) is 0 Å². The maximum absolute atomic E-state index is 13.2. The van der Waals surface area contributed by atoms with Gasteiger partial charge in [0.15, 0.2) is 5.78 Å². The molecule has 36 heavy (non-hydrogen) atoms. The van der Waals surface area contributed by atoms with Gasteiger partial charge in [0.1, 0.15) is 5.82 Å². The van der Waals surface area contributed by atoms with E-state index in [2.05, 4.69) is 25.1 Å². The van der Waals surface area contributed by atoms with E-state index < -0.39 is 0 Å². The summed E-state index contributed by atoms with van der Waals surface area (Å²) in [5, 5.41) is 0. The van der Waals surface area contributed by atoms with E-state index >= 15 is 0 Å². The largest absolute Gasteiger partial charge is 0.343 e. The lowest BCUT2D eigenvalue weighted by atomic mass is 9.81. The third-order valence-electron chi connectivity index (χ3n) is 8.16. The second-order valence-electron chi connectivity index (χ2n) is 10.4. The molecule has 0 spiro atoms. The van der Waals surface area contributed by atoms with Gasteiger partial charge in [0.25, 0.3) is 0 Å². The molecule has 6 heteroatoms. The molecule has 5 nitrogen and oxygen atoms in total. The van der Waals surface area contributed by atoms with Gasteiger partial charge >= 0.3 is 0 Å². The number of likely N-dealkylation sites (tertiary alicyclic amines) is 1. The van der Waals surface area contributed by atoms with E-state index in [9.17, 15) is 18.8 Å². The van der Waals surface area contributed by atoms with E-state index in [0.717, 1.165) is 38.5 Å². The normalized spacial score (nSPS) is 17.4. The molecule has 0 aromatic heterocycles. The minimum absolute atomic E-state index is 0.0155. The molecule has 2 amide bonds. The van der Waals surface area contributed by atoms with Crippen molar-refractivity contribution in [2.24, 2.45) is 11.8 Å². The van der Waals surface area contributed by atoms with E-state index in [0.29, 0.717) is 24.6 Å². The Labute approximate surface area is 213 Å². The monoisotopic (exact) mass is 492 g/mol. The third-order valence-corrected chi connectivity index (χ3v) is 8.16. The van der Waals surface area contributed by atoms with Crippen LogP contribution in [0.15, 0.2) is 48.5 Å². The van der Waals surface area contributed by atoms with Crippen LogP contribution in [0, 0.1) is 24.6 Å². The number of hydrogen-bond acceptors (Lipinski definition) is 3. The van der Waals surface area contributed by atoms with E-state index in [4.69, 9.17) is 0 Å². The van der Waals surface area contributed by atoms with Crippen molar-refractivity contribution in [3.8, 4) is 0 Å². The number of Topliss-reactive ketones (excluding diaryl/α,β-unsaturated/α-hetero) is 1. The van der Waals surface area contributed by atoms with Gasteiger partial charge < -0.3 is 9.80 Å². The van der Waals surface area contributed by atoms with E-state index in [-0.39, 0.29) is 48.2 Å². The summed E-state index contributed by atoms with van der Waals surface area (Å²) in [7, 11) is 1.96. The van der Waals surface area contributed by atoms with Crippen molar-refractivity contribution in [2.75, 3.05) is 20.1 Å². The van der Waals surface area contributed by atoms with Gasteiger partial charge in [0, 0.05) is 50.5 Å².